The molecule has 3 rings (SSSR count). The lowest BCUT2D eigenvalue weighted by molar-refractivity contribution is -0.154. The Bertz CT molecular complexity index is 870. The Morgan fingerprint density at radius 1 is 1.30 bits per heavy atom. The van der Waals surface area contributed by atoms with E-state index in [4.69, 9.17) is 4.74 Å². The van der Waals surface area contributed by atoms with Crippen LogP contribution in [0.25, 0.3) is 0 Å². The molecule has 3 saturated heterocycles. The van der Waals surface area contributed by atoms with E-state index in [2.05, 4.69) is 36.0 Å². The lowest BCUT2D eigenvalue weighted by Gasteiger charge is -2.41. The number of halogens is 1. The molecule has 1 N–H and O–H groups in total. The summed E-state index contributed by atoms with van der Waals surface area (Å²) in [4.78, 5) is 45.3. The Kier molecular flexibility index (Phi) is 10.7. The number of thioether (sulfide) groups is 1. The minimum Gasteiger partial charge on any atom is -0.465 e. The maximum atomic E-state index is 14.3. The fourth-order valence-corrected chi connectivity index (χ4v) is 9.80. The molecule has 2 amide bonds. The van der Waals surface area contributed by atoms with Crippen molar-refractivity contribution in [1.29, 1.82) is 0 Å². The van der Waals surface area contributed by atoms with Crippen molar-refractivity contribution < 1.29 is 24.2 Å². The van der Waals surface area contributed by atoms with Gasteiger partial charge in [-0.05, 0) is 38.0 Å². The van der Waals surface area contributed by atoms with Crippen LogP contribution in [0.2, 0.25) is 0 Å². The van der Waals surface area contributed by atoms with Gasteiger partial charge in [0.2, 0.25) is 11.8 Å². The number of nitrogens with zero attached hydrogens (tertiary/aromatic N) is 2. The number of hydrogen-bond donors (Lipinski definition) is 1. The first-order valence-electron chi connectivity index (χ1n) is 13.6. The molecule has 1 spiro atoms. The van der Waals surface area contributed by atoms with E-state index in [9.17, 15) is 19.5 Å². The predicted octanol–water partition coefficient (Wildman–Crippen LogP) is 4.18. The van der Waals surface area contributed by atoms with Gasteiger partial charge in [0.25, 0.3) is 0 Å². The number of aliphatic hydroxyl groups excluding tert-OH is 1. The molecule has 2 bridgehead atoms. The molecule has 9 heteroatoms. The van der Waals surface area contributed by atoms with Crippen LogP contribution in [0.5, 0.6) is 0 Å². The minimum atomic E-state index is -0.748. The van der Waals surface area contributed by atoms with Crippen LogP contribution in [-0.4, -0.2) is 85.9 Å². The predicted molar refractivity (Wildman–Crippen MR) is 151 cm³/mol. The lowest BCUT2D eigenvalue weighted by Crippen LogP contribution is -2.58. The van der Waals surface area contributed by atoms with Crippen molar-refractivity contribution in [2.24, 2.45) is 17.8 Å². The van der Waals surface area contributed by atoms with E-state index < -0.39 is 28.7 Å². The highest BCUT2D eigenvalue weighted by Crippen LogP contribution is 2.68. The molecule has 37 heavy (non-hydrogen) atoms. The van der Waals surface area contributed by atoms with E-state index in [0.717, 1.165) is 32.1 Å². The summed E-state index contributed by atoms with van der Waals surface area (Å²) in [6.07, 6.45) is 8.46. The van der Waals surface area contributed by atoms with Crippen molar-refractivity contribution in [3.63, 3.8) is 0 Å². The number of unbranched alkanes of at least 4 members (excludes halogenated alkanes) is 3. The van der Waals surface area contributed by atoms with E-state index in [1.807, 2.05) is 19.9 Å². The first-order chi connectivity index (χ1) is 17.7. The highest BCUT2D eigenvalue weighted by molar-refractivity contribution is 9.09. The van der Waals surface area contributed by atoms with Crippen LogP contribution in [0.1, 0.15) is 59.3 Å². The van der Waals surface area contributed by atoms with Crippen molar-refractivity contribution in [1.82, 2.24) is 9.80 Å². The molecule has 208 valence electrons. The third kappa shape index (κ3) is 5.69. The number of ether oxygens (including phenoxy) is 1. The Morgan fingerprint density at radius 3 is 2.62 bits per heavy atom. The molecule has 3 unspecified atom stereocenters. The standard InChI is InChI=1S/C28H43BrN2O5S/c1-6-9-11-12-15-36-27(35)21-22-25(33)31(20(17-32)18(4)5)24(28(22)16-19(29)23(21)37-28)26(34)30(13-8-3)14-10-7-2/h6,8,18-24,32H,1,3,7,9-17H2,2,4-5H3/t19?,20-,21-,22-,23-,24?,28?/m0/s1. The zero-order valence-corrected chi connectivity index (χ0v) is 24.8. The number of hydrogen-bond acceptors (Lipinski definition) is 6. The van der Waals surface area contributed by atoms with Gasteiger partial charge in [0, 0.05) is 23.2 Å². The first-order valence-corrected chi connectivity index (χ1v) is 15.4. The molecule has 3 aliphatic heterocycles. The summed E-state index contributed by atoms with van der Waals surface area (Å²) in [5, 5.41) is 10.2. The third-order valence-corrected chi connectivity index (χ3v) is 11.3. The summed E-state index contributed by atoms with van der Waals surface area (Å²) in [6, 6.07) is -1.26. The van der Waals surface area contributed by atoms with Gasteiger partial charge in [0.15, 0.2) is 0 Å². The largest absolute Gasteiger partial charge is 0.465 e. The molecule has 0 radical (unpaired) electrons. The van der Waals surface area contributed by atoms with Gasteiger partial charge in [0.1, 0.15) is 6.04 Å². The number of alkyl halides is 1. The monoisotopic (exact) mass is 598 g/mol. The van der Waals surface area contributed by atoms with Gasteiger partial charge in [-0.3, -0.25) is 14.4 Å². The molecular weight excluding hydrogens is 556 g/mol. The van der Waals surface area contributed by atoms with Crippen LogP contribution >= 0.6 is 27.7 Å². The Hall–Kier alpha value is -1.32. The summed E-state index contributed by atoms with van der Waals surface area (Å²) in [7, 11) is 0. The molecule has 0 aromatic carbocycles. The number of amides is 2. The van der Waals surface area contributed by atoms with Gasteiger partial charge >= 0.3 is 5.97 Å². The topological polar surface area (TPSA) is 87.1 Å². The Balaban J connectivity index is 1.99. The zero-order valence-electron chi connectivity index (χ0n) is 22.4. The van der Waals surface area contributed by atoms with Crippen molar-refractivity contribution in [2.45, 2.75) is 86.2 Å². The molecule has 3 aliphatic rings. The fourth-order valence-electron chi connectivity index (χ4n) is 6.22. The number of allylic oxidation sites excluding steroid dienone is 1. The molecule has 0 aliphatic carbocycles. The number of fused-ring (bicyclic) bond motifs is 1. The number of likely N-dealkylation sites (tertiary alicyclic amines) is 1. The number of aliphatic hydroxyl groups is 1. The van der Waals surface area contributed by atoms with Crippen molar-refractivity contribution >= 4 is 45.5 Å². The van der Waals surface area contributed by atoms with E-state index in [1.54, 1.807) is 27.6 Å². The molecule has 3 heterocycles. The van der Waals surface area contributed by atoms with Gasteiger partial charge in [-0.25, -0.2) is 0 Å². The summed E-state index contributed by atoms with van der Waals surface area (Å²) in [6.45, 7) is 14.6. The second kappa shape index (κ2) is 13.2. The Morgan fingerprint density at radius 2 is 2.03 bits per heavy atom. The molecule has 0 aromatic heterocycles. The molecule has 0 saturated carbocycles. The second-order valence-corrected chi connectivity index (χ2v) is 13.5. The Labute approximate surface area is 234 Å². The highest BCUT2D eigenvalue weighted by Gasteiger charge is 2.76. The smallest absolute Gasteiger partial charge is 0.310 e. The first kappa shape index (κ1) is 30.2. The second-order valence-electron chi connectivity index (χ2n) is 10.8. The average Bonchev–Trinajstić information content (AvgIpc) is 3.45. The number of esters is 1. The number of rotatable bonds is 15. The van der Waals surface area contributed by atoms with Crippen LogP contribution in [0.3, 0.4) is 0 Å². The van der Waals surface area contributed by atoms with Gasteiger partial charge < -0.3 is 19.6 Å². The third-order valence-electron chi connectivity index (χ3n) is 8.04. The molecule has 7 atom stereocenters. The van der Waals surface area contributed by atoms with Gasteiger partial charge in [0.05, 0.1) is 35.8 Å². The summed E-state index contributed by atoms with van der Waals surface area (Å²) in [5.41, 5.74) is 0. The molecule has 3 fully saturated rings. The van der Waals surface area contributed by atoms with Crippen LogP contribution in [0.15, 0.2) is 25.3 Å². The number of carbonyl (C=O) groups is 3. The fraction of sp³-hybridized carbons (Fsp3) is 0.750. The van der Waals surface area contributed by atoms with E-state index in [0.29, 0.717) is 26.1 Å². The summed E-state index contributed by atoms with van der Waals surface area (Å²) in [5.74, 6) is -1.99. The maximum absolute atomic E-state index is 14.3. The summed E-state index contributed by atoms with van der Waals surface area (Å²) < 4.78 is 4.95. The van der Waals surface area contributed by atoms with E-state index >= 15 is 0 Å². The van der Waals surface area contributed by atoms with Crippen LogP contribution < -0.4 is 0 Å². The van der Waals surface area contributed by atoms with Crippen LogP contribution in [0.4, 0.5) is 0 Å². The molecule has 7 nitrogen and oxygen atoms in total. The van der Waals surface area contributed by atoms with Gasteiger partial charge in [-0.1, -0.05) is 55.3 Å². The van der Waals surface area contributed by atoms with Crippen LogP contribution in [0, 0.1) is 17.8 Å². The number of carbonyl (C=O) groups excluding carboxylic acids is 3. The summed E-state index contributed by atoms with van der Waals surface area (Å²) >= 11 is 5.39. The van der Waals surface area contributed by atoms with Crippen molar-refractivity contribution in [3.8, 4) is 0 Å². The molecule has 0 aromatic rings. The maximum Gasteiger partial charge on any atom is 0.310 e. The normalized spacial score (nSPS) is 30.9. The molecular formula is C28H43BrN2O5S. The SMILES string of the molecule is C=CCCCCOC(=O)[C@H]1[C@H]2C(=O)N([C@@H](CO)C(C)C)C(C(=O)N(CC=C)CCCC)C23CC(Br)[C@@H]1S3. The lowest BCUT2D eigenvalue weighted by atomic mass is 9.71. The van der Waals surface area contributed by atoms with E-state index in [-0.39, 0.29) is 40.4 Å². The highest BCUT2D eigenvalue weighted by atomic mass is 79.9. The van der Waals surface area contributed by atoms with Crippen LogP contribution in [-0.2, 0) is 19.1 Å². The average molecular weight is 600 g/mol. The van der Waals surface area contributed by atoms with E-state index in [1.165, 1.54) is 0 Å². The zero-order chi connectivity index (χ0) is 27.3. The van der Waals surface area contributed by atoms with Crippen molar-refractivity contribution in [2.75, 3.05) is 26.3 Å². The minimum absolute atomic E-state index is 0.00904. The van der Waals surface area contributed by atoms with Gasteiger partial charge in [-0.2, -0.15) is 0 Å². The quantitative estimate of drug-likeness (QED) is 0.132. The van der Waals surface area contributed by atoms with Crippen molar-refractivity contribution in [3.05, 3.63) is 25.3 Å². The van der Waals surface area contributed by atoms with Gasteiger partial charge in [-0.15, -0.1) is 24.9 Å².